The molecule has 0 fully saturated rings. The summed E-state index contributed by atoms with van der Waals surface area (Å²) in [4.78, 5) is 39.2. The van der Waals surface area contributed by atoms with E-state index in [1.165, 1.54) is 40.9 Å². The largest absolute Gasteiger partial charge is 0.490 e. The smallest absolute Gasteiger partial charge is 0.343 e. The fourth-order valence-corrected chi connectivity index (χ4v) is 3.59. The highest BCUT2D eigenvalue weighted by Crippen LogP contribution is 2.31. The van der Waals surface area contributed by atoms with E-state index < -0.39 is 16.8 Å². The standard InChI is InChI=1S/C21H15N5O6S/c1-2-31-17-9-12(8-15-18(22)25-21(24-19(15)27)33-11-23-25)6-7-16(17)32-20(28)13-4-3-5-14(10-13)26(29)30/h3-11,22H,2H2,1H3/b15-8-,22-18?. The maximum Gasteiger partial charge on any atom is 0.343 e. The molecule has 12 heteroatoms. The molecule has 0 saturated heterocycles. The molecule has 33 heavy (non-hydrogen) atoms. The quantitative estimate of drug-likeness (QED) is 0.224. The highest BCUT2D eigenvalue weighted by molar-refractivity contribution is 8.25. The van der Waals surface area contributed by atoms with Crippen molar-refractivity contribution in [3.8, 4) is 11.5 Å². The van der Waals surface area contributed by atoms with Crippen LogP contribution in [0.25, 0.3) is 6.08 Å². The molecule has 0 radical (unpaired) electrons. The van der Waals surface area contributed by atoms with Crippen molar-refractivity contribution in [2.45, 2.75) is 6.92 Å². The molecule has 11 nitrogen and oxygen atoms in total. The summed E-state index contributed by atoms with van der Waals surface area (Å²) in [5, 5.41) is 24.8. The summed E-state index contributed by atoms with van der Waals surface area (Å²) in [7, 11) is 0. The van der Waals surface area contributed by atoms with Gasteiger partial charge in [0.25, 0.3) is 11.6 Å². The van der Waals surface area contributed by atoms with Crippen LogP contribution in [-0.4, -0.2) is 45.0 Å². The number of non-ortho nitro benzene ring substituents is 1. The van der Waals surface area contributed by atoms with Crippen molar-refractivity contribution in [2.75, 3.05) is 6.61 Å². The van der Waals surface area contributed by atoms with Gasteiger partial charge in [-0.3, -0.25) is 20.3 Å². The number of nitrogens with zero attached hydrogens (tertiary/aromatic N) is 4. The van der Waals surface area contributed by atoms with E-state index >= 15 is 0 Å². The number of amidine groups is 2. The Kier molecular flexibility index (Phi) is 6.00. The highest BCUT2D eigenvalue weighted by Gasteiger charge is 2.32. The molecule has 166 valence electrons. The normalized spacial score (nSPS) is 16.0. The molecule has 2 aliphatic heterocycles. The summed E-state index contributed by atoms with van der Waals surface area (Å²) in [5.74, 6) is -1.14. The number of aliphatic imine (C=N–C) groups is 1. The molecule has 2 aromatic rings. The van der Waals surface area contributed by atoms with Crippen LogP contribution >= 0.6 is 11.8 Å². The van der Waals surface area contributed by atoms with Crippen molar-refractivity contribution in [1.29, 1.82) is 5.41 Å². The van der Waals surface area contributed by atoms with Crippen LogP contribution in [0.3, 0.4) is 0 Å². The van der Waals surface area contributed by atoms with Gasteiger partial charge < -0.3 is 9.47 Å². The van der Waals surface area contributed by atoms with E-state index in [0.29, 0.717) is 10.7 Å². The molecule has 2 heterocycles. The van der Waals surface area contributed by atoms with Crippen molar-refractivity contribution in [2.24, 2.45) is 10.1 Å². The number of nitro groups is 1. The zero-order valence-corrected chi connectivity index (χ0v) is 17.9. The number of rotatable bonds is 6. The predicted molar refractivity (Wildman–Crippen MR) is 122 cm³/mol. The first-order valence-electron chi connectivity index (χ1n) is 9.53. The number of hydrogen-bond donors (Lipinski definition) is 1. The zero-order valence-electron chi connectivity index (χ0n) is 17.0. The molecule has 0 aliphatic carbocycles. The maximum absolute atomic E-state index is 12.5. The van der Waals surface area contributed by atoms with Crippen LogP contribution in [0.2, 0.25) is 0 Å². The van der Waals surface area contributed by atoms with Gasteiger partial charge >= 0.3 is 5.97 Å². The molecule has 2 aromatic carbocycles. The average molecular weight is 465 g/mol. The number of ether oxygens (including phenoxy) is 2. The van der Waals surface area contributed by atoms with Crippen molar-refractivity contribution in [3.63, 3.8) is 0 Å². The number of hydrazone groups is 1. The van der Waals surface area contributed by atoms with Crippen LogP contribution in [0, 0.1) is 15.5 Å². The van der Waals surface area contributed by atoms with E-state index in [2.05, 4.69) is 10.1 Å². The summed E-state index contributed by atoms with van der Waals surface area (Å²) in [6, 6.07) is 9.79. The van der Waals surface area contributed by atoms with E-state index in [1.54, 1.807) is 19.1 Å². The Labute approximate surface area is 191 Å². The van der Waals surface area contributed by atoms with E-state index in [0.717, 1.165) is 17.8 Å². The number of esters is 1. The second-order valence-electron chi connectivity index (χ2n) is 6.59. The maximum atomic E-state index is 12.5. The van der Waals surface area contributed by atoms with Gasteiger partial charge in [0.1, 0.15) is 0 Å². The minimum absolute atomic E-state index is 0.0109. The fraction of sp³-hybridized carbons (Fsp3) is 0.0952. The molecule has 1 amide bonds. The van der Waals surface area contributed by atoms with Gasteiger partial charge in [0.15, 0.2) is 22.5 Å². The second kappa shape index (κ2) is 9.04. The number of hydrogen-bond acceptors (Lipinski definition) is 9. The molecule has 0 atom stereocenters. The average Bonchev–Trinajstić information content (AvgIpc) is 3.27. The van der Waals surface area contributed by atoms with Crippen LogP contribution in [0.4, 0.5) is 5.69 Å². The SMILES string of the molecule is CCOc1cc(/C=C2/C(=N)N3N=CSC3=NC2=O)ccc1OC(=O)c1cccc([N+](=O)[O-])c1. The van der Waals surface area contributed by atoms with Gasteiger partial charge in [-0.1, -0.05) is 12.1 Å². The Bertz CT molecular complexity index is 1290. The van der Waals surface area contributed by atoms with E-state index in [9.17, 15) is 19.7 Å². The first-order chi connectivity index (χ1) is 15.9. The Balaban J connectivity index is 1.61. The van der Waals surface area contributed by atoms with E-state index in [4.69, 9.17) is 14.9 Å². The Morgan fingerprint density at radius 3 is 2.85 bits per heavy atom. The lowest BCUT2D eigenvalue weighted by molar-refractivity contribution is -0.384. The summed E-state index contributed by atoms with van der Waals surface area (Å²) in [6.45, 7) is 2.01. The molecule has 0 bridgehead atoms. The van der Waals surface area contributed by atoms with Crippen LogP contribution in [0.5, 0.6) is 11.5 Å². The van der Waals surface area contributed by atoms with Gasteiger partial charge in [-0.05, 0) is 48.5 Å². The monoisotopic (exact) mass is 465 g/mol. The number of carbonyl (C=O) groups excluding carboxylic acids is 2. The fourth-order valence-electron chi connectivity index (χ4n) is 2.98. The number of nitrogens with one attached hydrogen (secondary N) is 1. The number of thioether (sulfide) groups is 1. The van der Waals surface area contributed by atoms with Gasteiger partial charge in [-0.25, -0.2) is 4.79 Å². The third kappa shape index (κ3) is 4.50. The molecular weight excluding hydrogens is 450 g/mol. The Hall–Kier alpha value is -4.32. The van der Waals surface area contributed by atoms with Gasteiger partial charge in [-0.15, -0.1) is 0 Å². The number of fused-ring (bicyclic) bond motifs is 1. The topological polar surface area (TPSA) is 148 Å². The van der Waals surface area contributed by atoms with Crippen LogP contribution in [0.15, 0.2) is 58.1 Å². The molecule has 4 rings (SSSR count). The predicted octanol–water partition coefficient (Wildman–Crippen LogP) is 3.46. The molecule has 0 aromatic heterocycles. The van der Waals surface area contributed by atoms with Crippen molar-refractivity contribution in [1.82, 2.24) is 5.01 Å². The summed E-state index contributed by atoms with van der Waals surface area (Å²) in [5.41, 5.74) is 1.82. The molecule has 2 aliphatic rings. The molecule has 0 unspecified atom stereocenters. The van der Waals surface area contributed by atoms with E-state index in [1.807, 2.05) is 0 Å². The Morgan fingerprint density at radius 2 is 2.09 bits per heavy atom. The lowest BCUT2D eigenvalue weighted by Crippen LogP contribution is -2.35. The van der Waals surface area contributed by atoms with Crippen LogP contribution < -0.4 is 9.47 Å². The number of amides is 1. The van der Waals surface area contributed by atoms with Gasteiger partial charge in [0.05, 0.1) is 28.2 Å². The molecule has 0 saturated carbocycles. The third-order valence-corrected chi connectivity index (χ3v) is 5.15. The summed E-state index contributed by atoms with van der Waals surface area (Å²) in [6.07, 6.45) is 1.47. The van der Waals surface area contributed by atoms with Gasteiger partial charge in [0.2, 0.25) is 0 Å². The number of carbonyl (C=O) groups is 2. The lowest BCUT2D eigenvalue weighted by atomic mass is 10.1. The highest BCUT2D eigenvalue weighted by atomic mass is 32.2. The van der Waals surface area contributed by atoms with Crippen LogP contribution in [0.1, 0.15) is 22.8 Å². The summed E-state index contributed by atoms with van der Waals surface area (Å²) < 4.78 is 11.0. The lowest BCUT2D eigenvalue weighted by Gasteiger charge is -2.20. The van der Waals surface area contributed by atoms with E-state index in [-0.39, 0.29) is 40.8 Å². The second-order valence-corrected chi connectivity index (χ2v) is 7.40. The first kappa shape index (κ1) is 21.9. The van der Waals surface area contributed by atoms with Crippen molar-refractivity contribution in [3.05, 3.63) is 69.3 Å². The third-order valence-electron chi connectivity index (χ3n) is 4.47. The molecule has 0 spiro atoms. The zero-order chi connectivity index (χ0) is 23.5. The van der Waals surface area contributed by atoms with Gasteiger partial charge in [-0.2, -0.15) is 15.1 Å². The Morgan fingerprint density at radius 1 is 1.27 bits per heavy atom. The van der Waals surface area contributed by atoms with Gasteiger partial charge in [0, 0.05) is 12.1 Å². The van der Waals surface area contributed by atoms with Crippen molar-refractivity contribution >= 4 is 52.0 Å². The van der Waals surface area contributed by atoms with Crippen molar-refractivity contribution < 1.29 is 24.0 Å². The summed E-state index contributed by atoms with van der Waals surface area (Å²) >= 11 is 1.15. The van der Waals surface area contributed by atoms with Crippen LogP contribution in [-0.2, 0) is 4.79 Å². The molecular formula is C21H15N5O6S. The first-order valence-corrected chi connectivity index (χ1v) is 10.4. The number of benzene rings is 2. The minimum Gasteiger partial charge on any atom is -0.490 e. The number of nitro benzene ring substituents is 1. The minimum atomic E-state index is -0.791. The molecule has 1 N–H and O–H groups in total.